The lowest BCUT2D eigenvalue weighted by atomic mass is 9.80. The number of hydrogen-bond donors (Lipinski definition) is 2. The fourth-order valence-electron chi connectivity index (χ4n) is 2.03. The molecule has 0 spiro atoms. The average molecular weight is 256 g/mol. The van der Waals surface area contributed by atoms with Crippen molar-refractivity contribution in [2.75, 3.05) is 13.1 Å². The highest BCUT2D eigenvalue weighted by atomic mass is 16.4. The molecular weight excluding hydrogens is 232 g/mol. The number of nitrogens with two attached hydrogens (primary N) is 1. The highest BCUT2D eigenvalue weighted by molar-refractivity contribution is 5.78. The minimum Gasteiger partial charge on any atom is -0.481 e. The van der Waals surface area contributed by atoms with E-state index in [1.54, 1.807) is 11.8 Å². The number of carboxylic acids is 1. The lowest BCUT2D eigenvalue weighted by molar-refractivity contribution is -0.153. The molecule has 5 heteroatoms. The van der Waals surface area contributed by atoms with Gasteiger partial charge in [-0.1, -0.05) is 13.8 Å². The maximum Gasteiger partial charge on any atom is 0.309 e. The number of nitrogens with zero attached hydrogens (tertiary/aromatic N) is 1. The minimum atomic E-state index is -0.770. The molecule has 0 bridgehead atoms. The summed E-state index contributed by atoms with van der Waals surface area (Å²) in [5.74, 6) is -0.444. The van der Waals surface area contributed by atoms with Gasteiger partial charge in [0.2, 0.25) is 5.91 Å². The lowest BCUT2D eigenvalue weighted by Gasteiger charge is -2.37. The van der Waals surface area contributed by atoms with Gasteiger partial charge in [0.15, 0.2) is 0 Å². The molecule has 1 rings (SSSR count). The highest BCUT2D eigenvalue weighted by Gasteiger charge is 2.38. The molecule has 0 saturated carbocycles. The number of piperidine rings is 1. The van der Waals surface area contributed by atoms with Crippen LogP contribution in [-0.2, 0) is 9.59 Å². The zero-order valence-electron chi connectivity index (χ0n) is 11.5. The van der Waals surface area contributed by atoms with Crippen LogP contribution in [0.4, 0.5) is 0 Å². The Hall–Kier alpha value is -1.10. The van der Waals surface area contributed by atoms with E-state index in [0.717, 1.165) is 0 Å². The van der Waals surface area contributed by atoms with Crippen molar-refractivity contribution < 1.29 is 14.7 Å². The van der Waals surface area contributed by atoms with Crippen molar-refractivity contribution in [3.63, 3.8) is 0 Å². The molecule has 1 fully saturated rings. The van der Waals surface area contributed by atoms with Crippen molar-refractivity contribution in [3.05, 3.63) is 0 Å². The summed E-state index contributed by atoms with van der Waals surface area (Å²) in [5.41, 5.74) is 5.20. The van der Waals surface area contributed by atoms with Gasteiger partial charge < -0.3 is 15.7 Å². The van der Waals surface area contributed by atoms with Gasteiger partial charge in [-0.2, -0.15) is 0 Å². The minimum absolute atomic E-state index is 0.0450. The Morgan fingerprint density at radius 1 is 1.33 bits per heavy atom. The van der Waals surface area contributed by atoms with Crippen LogP contribution in [0.2, 0.25) is 0 Å². The summed E-state index contributed by atoms with van der Waals surface area (Å²) < 4.78 is 0. The Morgan fingerprint density at radius 3 is 2.22 bits per heavy atom. The monoisotopic (exact) mass is 256 g/mol. The number of rotatable bonds is 4. The molecule has 1 aliphatic heterocycles. The van der Waals surface area contributed by atoms with Crippen molar-refractivity contribution in [2.45, 2.75) is 46.1 Å². The molecule has 18 heavy (non-hydrogen) atoms. The van der Waals surface area contributed by atoms with E-state index in [4.69, 9.17) is 10.8 Å². The van der Waals surface area contributed by atoms with Crippen LogP contribution in [0.1, 0.15) is 40.0 Å². The Kier molecular flexibility index (Phi) is 4.73. The number of carbonyl (C=O) groups is 2. The van der Waals surface area contributed by atoms with Gasteiger partial charge in [-0.3, -0.25) is 9.59 Å². The summed E-state index contributed by atoms with van der Waals surface area (Å²) in [4.78, 5) is 24.8. The van der Waals surface area contributed by atoms with Gasteiger partial charge in [-0.15, -0.1) is 0 Å². The smallest absolute Gasteiger partial charge is 0.309 e. The quantitative estimate of drug-likeness (QED) is 0.788. The van der Waals surface area contributed by atoms with E-state index in [1.807, 2.05) is 13.8 Å². The molecule has 0 radical (unpaired) electrons. The first-order valence-electron chi connectivity index (χ1n) is 6.53. The van der Waals surface area contributed by atoms with E-state index in [2.05, 4.69) is 0 Å². The fraction of sp³-hybridized carbons (Fsp3) is 0.846. The van der Waals surface area contributed by atoms with Crippen LogP contribution in [-0.4, -0.2) is 41.0 Å². The molecule has 1 atom stereocenters. The second kappa shape index (κ2) is 5.69. The van der Waals surface area contributed by atoms with Crippen LogP contribution in [0, 0.1) is 11.3 Å². The molecule has 1 unspecified atom stereocenters. The van der Waals surface area contributed by atoms with E-state index < -0.39 is 11.4 Å². The molecule has 0 aromatic heterocycles. The molecular formula is C13H24N2O3. The number of aliphatic carboxylic acids is 1. The Morgan fingerprint density at radius 2 is 1.83 bits per heavy atom. The number of carbonyl (C=O) groups excluding carboxylic acids is 1. The van der Waals surface area contributed by atoms with Crippen molar-refractivity contribution in [1.29, 1.82) is 0 Å². The summed E-state index contributed by atoms with van der Waals surface area (Å²) in [6.07, 6.45) is 1.39. The fourth-order valence-corrected chi connectivity index (χ4v) is 2.03. The predicted octanol–water partition coefficient (Wildman–Crippen LogP) is 1.07. The van der Waals surface area contributed by atoms with Gasteiger partial charge in [0.05, 0.1) is 5.41 Å². The Labute approximate surface area is 108 Å². The summed E-state index contributed by atoms with van der Waals surface area (Å²) >= 11 is 0. The molecule has 0 aromatic carbocycles. The van der Waals surface area contributed by atoms with Crippen LogP contribution in [0.15, 0.2) is 0 Å². The molecule has 5 nitrogen and oxygen atoms in total. The van der Waals surface area contributed by atoms with Crippen LogP contribution >= 0.6 is 0 Å². The first-order chi connectivity index (χ1) is 8.26. The van der Waals surface area contributed by atoms with E-state index in [-0.39, 0.29) is 17.9 Å². The van der Waals surface area contributed by atoms with Gasteiger partial charge in [-0.25, -0.2) is 0 Å². The zero-order valence-corrected chi connectivity index (χ0v) is 11.5. The first kappa shape index (κ1) is 15.0. The van der Waals surface area contributed by atoms with Crippen molar-refractivity contribution in [3.8, 4) is 0 Å². The van der Waals surface area contributed by atoms with Crippen molar-refractivity contribution >= 4 is 11.9 Å². The second-order valence-corrected chi connectivity index (χ2v) is 5.86. The third-order valence-electron chi connectivity index (χ3n) is 4.00. The number of hydrogen-bond acceptors (Lipinski definition) is 3. The number of carboxylic acid groups (broad SMARTS) is 1. The second-order valence-electron chi connectivity index (χ2n) is 5.86. The lowest BCUT2D eigenvalue weighted by Crippen LogP contribution is -2.46. The largest absolute Gasteiger partial charge is 0.481 e. The molecule has 1 heterocycles. The number of amides is 1. The van der Waals surface area contributed by atoms with Crippen molar-refractivity contribution in [1.82, 2.24) is 4.90 Å². The van der Waals surface area contributed by atoms with Gasteiger partial charge >= 0.3 is 5.97 Å². The van der Waals surface area contributed by atoms with Crippen LogP contribution in [0.3, 0.4) is 0 Å². The summed E-state index contributed by atoms with van der Waals surface area (Å²) in [6.45, 7) is 6.78. The summed E-state index contributed by atoms with van der Waals surface area (Å²) in [6, 6.07) is -0.120. The Balaban J connectivity index is 2.48. The van der Waals surface area contributed by atoms with E-state index >= 15 is 0 Å². The molecule has 1 amide bonds. The standard InChI is InChI=1S/C13H24N2O3/c1-9(2)10(14)8-11(16)15-6-4-13(3,5-7-15)12(17)18/h9-10H,4-8,14H2,1-3H3,(H,17,18). The predicted molar refractivity (Wildman–Crippen MR) is 69.0 cm³/mol. The molecule has 0 aromatic rings. The molecule has 1 saturated heterocycles. The van der Waals surface area contributed by atoms with Crippen LogP contribution in [0.5, 0.6) is 0 Å². The van der Waals surface area contributed by atoms with Crippen molar-refractivity contribution in [2.24, 2.45) is 17.1 Å². The first-order valence-corrected chi connectivity index (χ1v) is 6.53. The van der Waals surface area contributed by atoms with Gasteiger partial charge in [0, 0.05) is 25.6 Å². The zero-order chi connectivity index (χ0) is 13.9. The van der Waals surface area contributed by atoms with E-state index in [9.17, 15) is 9.59 Å². The number of likely N-dealkylation sites (tertiary alicyclic amines) is 1. The van der Waals surface area contributed by atoms with Gasteiger partial charge in [0.1, 0.15) is 0 Å². The molecule has 104 valence electrons. The highest BCUT2D eigenvalue weighted by Crippen LogP contribution is 2.31. The topological polar surface area (TPSA) is 83.6 Å². The third kappa shape index (κ3) is 3.45. The third-order valence-corrected chi connectivity index (χ3v) is 4.00. The summed E-state index contributed by atoms with van der Waals surface area (Å²) in [5, 5.41) is 9.12. The maximum atomic E-state index is 12.0. The normalized spacial score (nSPS) is 20.8. The van der Waals surface area contributed by atoms with E-state index in [1.165, 1.54) is 0 Å². The molecule has 3 N–H and O–H groups in total. The molecule has 1 aliphatic rings. The Bertz CT molecular complexity index is 320. The van der Waals surface area contributed by atoms with E-state index in [0.29, 0.717) is 32.4 Å². The summed E-state index contributed by atoms with van der Waals surface area (Å²) in [7, 11) is 0. The average Bonchev–Trinajstić information content (AvgIpc) is 2.29. The van der Waals surface area contributed by atoms with Crippen LogP contribution < -0.4 is 5.73 Å². The SMILES string of the molecule is CC(C)C(N)CC(=O)N1CCC(C)(C(=O)O)CC1. The van der Waals surface area contributed by atoms with Gasteiger partial charge in [-0.05, 0) is 25.7 Å². The molecule has 0 aliphatic carbocycles. The van der Waals surface area contributed by atoms with Crippen LogP contribution in [0.25, 0.3) is 0 Å². The maximum absolute atomic E-state index is 12.0. The van der Waals surface area contributed by atoms with Gasteiger partial charge in [0.25, 0.3) is 0 Å².